The Morgan fingerprint density at radius 3 is 2.70 bits per heavy atom. The van der Waals surface area contributed by atoms with Crippen LogP contribution >= 0.6 is 0 Å². The van der Waals surface area contributed by atoms with E-state index in [1.165, 1.54) is 29.8 Å². The van der Waals surface area contributed by atoms with E-state index in [1.807, 2.05) is 0 Å². The monoisotopic (exact) mass is 275 g/mol. The fourth-order valence-electron chi connectivity index (χ4n) is 3.56. The van der Waals surface area contributed by atoms with Crippen LogP contribution < -0.4 is 5.32 Å². The summed E-state index contributed by atoms with van der Waals surface area (Å²) in [4.78, 5) is 9.82. The Morgan fingerprint density at radius 1 is 1.20 bits per heavy atom. The highest BCUT2D eigenvalue weighted by Crippen LogP contribution is 2.41. The van der Waals surface area contributed by atoms with Crippen LogP contribution in [0.25, 0.3) is 0 Å². The van der Waals surface area contributed by atoms with Gasteiger partial charge >= 0.3 is 0 Å². The number of nitrogens with one attached hydrogen (secondary N) is 1. The molecule has 1 aliphatic carbocycles. The lowest BCUT2D eigenvalue weighted by Gasteiger charge is -2.29. The van der Waals surface area contributed by atoms with Gasteiger partial charge in [-0.05, 0) is 39.0 Å². The van der Waals surface area contributed by atoms with Gasteiger partial charge in [0.2, 0.25) is 0 Å². The van der Waals surface area contributed by atoms with Crippen molar-refractivity contribution in [3.63, 3.8) is 0 Å². The molecule has 20 heavy (non-hydrogen) atoms. The molecule has 1 saturated carbocycles. The Labute approximate surface area is 121 Å². The first kappa shape index (κ1) is 14.0. The number of nitrogens with zero attached hydrogens (tertiary/aromatic N) is 2. The Hall–Kier alpha value is -1.00. The smallest absolute Gasteiger partial charge is 0.160 e. The van der Waals surface area contributed by atoms with Crippen LogP contribution in [0, 0.1) is 0 Å². The summed E-state index contributed by atoms with van der Waals surface area (Å²) in [6.45, 7) is 6.93. The van der Waals surface area contributed by atoms with Gasteiger partial charge in [0.25, 0.3) is 0 Å². The zero-order chi connectivity index (χ0) is 14.0. The van der Waals surface area contributed by atoms with Gasteiger partial charge in [-0.1, -0.05) is 6.92 Å². The Morgan fingerprint density at radius 2 is 2.00 bits per heavy atom. The topological polar surface area (TPSA) is 47.0 Å². The van der Waals surface area contributed by atoms with Crippen molar-refractivity contribution >= 4 is 0 Å². The maximum atomic E-state index is 6.13. The first-order valence-electron chi connectivity index (χ1n) is 8.03. The lowest BCUT2D eigenvalue weighted by atomic mass is 9.98. The van der Waals surface area contributed by atoms with Crippen molar-refractivity contribution in [2.24, 2.45) is 0 Å². The lowest BCUT2D eigenvalue weighted by Crippen LogP contribution is -2.33. The van der Waals surface area contributed by atoms with Crippen LogP contribution in [-0.2, 0) is 29.7 Å². The van der Waals surface area contributed by atoms with Crippen LogP contribution in [0.15, 0.2) is 0 Å². The van der Waals surface area contributed by atoms with E-state index in [1.54, 1.807) is 0 Å². The molecule has 0 atom stereocenters. The molecule has 1 N–H and O–H groups in total. The van der Waals surface area contributed by atoms with Crippen LogP contribution in [0.5, 0.6) is 0 Å². The predicted molar refractivity (Wildman–Crippen MR) is 78.6 cm³/mol. The molecule has 0 unspecified atom stereocenters. The molecule has 110 valence electrons. The molecule has 0 saturated heterocycles. The Balaban J connectivity index is 2.04. The highest BCUT2D eigenvalue weighted by molar-refractivity contribution is 5.30. The zero-order valence-corrected chi connectivity index (χ0v) is 12.7. The van der Waals surface area contributed by atoms with Gasteiger partial charge in [0.05, 0.1) is 5.69 Å². The standard InChI is InChI=1S/C16H25N3O/c1-3-13-12-11-17-10-7-14(12)19-15(18-13)16(20-4-2)8-5-6-9-16/h17H,3-11H2,1-2H3. The van der Waals surface area contributed by atoms with Crippen LogP contribution in [0.2, 0.25) is 0 Å². The SMILES string of the molecule is CCOC1(c2nc(CC)c3c(n2)CCNC3)CCCC1. The maximum Gasteiger partial charge on any atom is 0.160 e. The predicted octanol–water partition coefficient (Wildman–Crippen LogP) is 2.49. The minimum atomic E-state index is -0.210. The summed E-state index contributed by atoms with van der Waals surface area (Å²) in [5, 5.41) is 3.43. The number of ether oxygens (including phenoxy) is 1. The quantitative estimate of drug-likeness (QED) is 0.917. The van der Waals surface area contributed by atoms with E-state index in [0.29, 0.717) is 0 Å². The molecule has 0 radical (unpaired) electrons. The van der Waals surface area contributed by atoms with Crippen molar-refractivity contribution in [2.45, 2.75) is 64.5 Å². The molecule has 1 aromatic heterocycles. The van der Waals surface area contributed by atoms with E-state index in [9.17, 15) is 0 Å². The van der Waals surface area contributed by atoms with Gasteiger partial charge in [-0.2, -0.15) is 0 Å². The minimum Gasteiger partial charge on any atom is -0.367 e. The van der Waals surface area contributed by atoms with Gasteiger partial charge in [0.15, 0.2) is 5.82 Å². The molecule has 0 bridgehead atoms. The molecule has 0 spiro atoms. The molecule has 1 fully saturated rings. The van der Waals surface area contributed by atoms with E-state index in [2.05, 4.69) is 19.2 Å². The number of hydrogen-bond acceptors (Lipinski definition) is 4. The van der Waals surface area contributed by atoms with Crippen LogP contribution in [0.3, 0.4) is 0 Å². The van der Waals surface area contributed by atoms with Gasteiger partial charge in [-0.3, -0.25) is 0 Å². The van der Waals surface area contributed by atoms with Crippen LogP contribution in [0.4, 0.5) is 0 Å². The molecule has 4 heteroatoms. The summed E-state index contributed by atoms with van der Waals surface area (Å²) < 4.78 is 6.13. The maximum absolute atomic E-state index is 6.13. The highest BCUT2D eigenvalue weighted by Gasteiger charge is 2.40. The molecular weight excluding hydrogens is 250 g/mol. The minimum absolute atomic E-state index is 0.210. The van der Waals surface area contributed by atoms with Crippen LogP contribution in [0.1, 0.15) is 62.3 Å². The van der Waals surface area contributed by atoms with E-state index in [4.69, 9.17) is 14.7 Å². The number of rotatable bonds is 4. The summed E-state index contributed by atoms with van der Waals surface area (Å²) >= 11 is 0. The van der Waals surface area contributed by atoms with E-state index >= 15 is 0 Å². The number of fused-ring (bicyclic) bond motifs is 1. The third-order valence-corrected chi connectivity index (χ3v) is 4.59. The Bertz CT molecular complexity index is 464. The largest absolute Gasteiger partial charge is 0.367 e. The van der Waals surface area contributed by atoms with E-state index in [-0.39, 0.29) is 5.60 Å². The molecule has 2 aliphatic rings. The molecule has 2 heterocycles. The zero-order valence-electron chi connectivity index (χ0n) is 12.7. The van der Waals surface area contributed by atoms with Gasteiger partial charge in [-0.15, -0.1) is 0 Å². The molecule has 0 amide bonds. The van der Waals surface area contributed by atoms with Gasteiger partial charge < -0.3 is 10.1 Å². The number of aromatic nitrogens is 2. The van der Waals surface area contributed by atoms with Crippen molar-refractivity contribution in [3.05, 3.63) is 22.8 Å². The third kappa shape index (κ3) is 2.35. The first-order chi connectivity index (χ1) is 9.79. The summed E-state index contributed by atoms with van der Waals surface area (Å²) in [5.41, 5.74) is 3.57. The normalized spacial score (nSPS) is 20.9. The van der Waals surface area contributed by atoms with Crippen molar-refractivity contribution < 1.29 is 4.74 Å². The second-order valence-corrected chi connectivity index (χ2v) is 5.83. The number of hydrogen-bond donors (Lipinski definition) is 1. The molecule has 0 aromatic carbocycles. The third-order valence-electron chi connectivity index (χ3n) is 4.59. The average Bonchev–Trinajstić information content (AvgIpc) is 2.96. The van der Waals surface area contributed by atoms with E-state index < -0.39 is 0 Å². The van der Waals surface area contributed by atoms with Gasteiger partial charge in [0.1, 0.15) is 5.60 Å². The fourth-order valence-corrected chi connectivity index (χ4v) is 3.56. The van der Waals surface area contributed by atoms with Crippen molar-refractivity contribution in [2.75, 3.05) is 13.2 Å². The molecule has 3 rings (SSSR count). The fraction of sp³-hybridized carbons (Fsp3) is 0.750. The summed E-state index contributed by atoms with van der Waals surface area (Å²) in [7, 11) is 0. The van der Waals surface area contributed by atoms with Crippen LogP contribution in [-0.4, -0.2) is 23.1 Å². The van der Waals surface area contributed by atoms with Gasteiger partial charge in [-0.25, -0.2) is 9.97 Å². The molecular formula is C16H25N3O. The molecule has 4 nitrogen and oxygen atoms in total. The van der Waals surface area contributed by atoms with Crippen molar-refractivity contribution in [3.8, 4) is 0 Å². The summed E-state index contributed by atoms with van der Waals surface area (Å²) in [6.07, 6.45) is 6.58. The summed E-state index contributed by atoms with van der Waals surface area (Å²) in [5.74, 6) is 0.953. The second kappa shape index (κ2) is 5.78. The van der Waals surface area contributed by atoms with E-state index in [0.717, 1.165) is 51.2 Å². The second-order valence-electron chi connectivity index (χ2n) is 5.83. The molecule has 1 aliphatic heterocycles. The van der Waals surface area contributed by atoms with Crippen molar-refractivity contribution in [1.29, 1.82) is 0 Å². The molecule has 1 aromatic rings. The van der Waals surface area contributed by atoms with Crippen molar-refractivity contribution in [1.82, 2.24) is 15.3 Å². The summed E-state index contributed by atoms with van der Waals surface area (Å²) in [6, 6.07) is 0. The Kier molecular flexibility index (Phi) is 4.03. The highest BCUT2D eigenvalue weighted by atomic mass is 16.5. The average molecular weight is 275 g/mol. The first-order valence-corrected chi connectivity index (χ1v) is 8.03. The number of aryl methyl sites for hydroxylation is 1. The van der Waals surface area contributed by atoms with Gasteiger partial charge in [0, 0.05) is 37.4 Å². The lowest BCUT2D eigenvalue weighted by molar-refractivity contribution is -0.0460.